The molecule has 0 saturated carbocycles. The van der Waals surface area contributed by atoms with Crippen molar-refractivity contribution in [3.8, 4) is 0 Å². The molecule has 3 N–H and O–H groups in total. The summed E-state index contributed by atoms with van der Waals surface area (Å²) < 4.78 is 1.92. The van der Waals surface area contributed by atoms with Gasteiger partial charge in [-0.3, -0.25) is 0 Å². The molecule has 0 fully saturated rings. The van der Waals surface area contributed by atoms with Crippen LogP contribution in [0.1, 0.15) is 0 Å². The van der Waals surface area contributed by atoms with E-state index in [4.69, 9.17) is 15.1 Å². The van der Waals surface area contributed by atoms with Crippen LogP contribution in [0.25, 0.3) is 0 Å². The van der Waals surface area contributed by atoms with Crippen LogP contribution in [0.2, 0.25) is 0 Å². The van der Waals surface area contributed by atoms with Crippen LogP contribution in [-0.2, 0) is 26.2 Å². The van der Waals surface area contributed by atoms with Crippen molar-refractivity contribution in [1.82, 2.24) is 0 Å². The van der Waals surface area contributed by atoms with E-state index in [1.54, 1.807) is 0 Å². The third-order valence-electron chi connectivity index (χ3n) is 0. The maximum absolute atomic E-state index is 7.17. The minimum absolute atomic E-state index is 0. The first-order valence-electron chi connectivity index (χ1n) is 1.59. The van der Waals surface area contributed by atoms with Crippen molar-refractivity contribution < 1.29 is 41.3 Å². The first-order chi connectivity index (χ1) is 3.15. The molecule has 0 aromatic carbocycles. The molecule has 0 unspecified atom stereocenters. The predicted octanol–water partition coefficient (Wildman–Crippen LogP) is -1.76. The van der Waals surface area contributed by atoms with Gasteiger partial charge in [-0.05, 0) is 0 Å². The van der Waals surface area contributed by atoms with Crippen LogP contribution in [0, 0.1) is 0 Å². The minimum Gasteiger partial charge on any atom is -0.402 e. The van der Waals surface area contributed by atoms with Crippen molar-refractivity contribution in [2.24, 2.45) is 0 Å². The fraction of sp³-hybridized carbons (Fsp3) is 0. The fourth-order valence-corrected chi connectivity index (χ4v) is 0. The Bertz CT molecular complexity index is 41.5. The average molecular weight is 268 g/mol. The molecule has 8 heavy (non-hydrogen) atoms. The van der Waals surface area contributed by atoms with Gasteiger partial charge in [0.1, 0.15) is 0 Å². The van der Waals surface area contributed by atoms with Gasteiger partial charge >= 0.3 is 58.2 Å². The van der Waals surface area contributed by atoms with Crippen LogP contribution in [0.15, 0.2) is 7.63 Å². The molecule has 0 aliphatic heterocycles. The quantitative estimate of drug-likeness (QED) is 0.456. The van der Waals surface area contributed by atoms with Crippen molar-refractivity contribution in [2.75, 3.05) is 0 Å². The third kappa shape index (κ3) is 95.3. The van der Waals surface area contributed by atoms with E-state index in [0.29, 0.717) is 0 Å². The molecule has 0 saturated heterocycles. The van der Waals surface area contributed by atoms with Gasteiger partial charge in [0, 0.05) is 26.2 Å². The Hall–Kier alpha value is 2.05. The molecular formula is C2H6BO3SrZr+. The summed E-state index contributed by atoms with van der Waals surface area (Å²) in [4.78, 5) is 0. The zero-order valence-corrected chi connectivity index (χ0v) is 10.3. The average Bonchev–Trinajstić information content (AvgIpc) is 1.33. The van der Waals surface area contributed by atoms with Gasteiger partial charge in [-0.2, -0.15) is 0 Å². The van der Waals surface area contributed by atoms with Crippen molar-refractivity contribution in [3.05, 3.63) is 7.63 Å². The van der Waals surface area contributed by atoms with Gasteiger partial charge in [-0.1, -0.05) is 0 Å². The van der Waals surface area contributed by atoms with E-state index in [1.165, 1.54) is 0 Å². The Morgan fingerprint density at radius 1 is 1.38 bits per heavy atom. The van der Waals surface area contributed by atoms with E-state index in [1.807, 2.05) is 1.05 Å². The van der Waals surface area contributed by atoms with Gasteiger partial charge in [-0.15, -0.1) is 0 Å². The van der Waals surface area contributed by atoms with Crippen LogP contribution in [0.5, 0.6) is 0 Å². The maximum atomic E-state index is 7.17. The molecular weight excluding hydrogens is 262 g/mol. The zero-order valence-electron chi connectivity index (χ0n) is 4.41. The van der Waals surface area contributed by atoms with Gasteiger partial charge in [-0.25, -0.2) is 0 Å². The molecule has 0 bridgehead atoms. The number of rotatable bonds is 0. The molecule has 0 heterocycles. The molecule has 0 radical (unpaired) electrons. The Balaban J connectivity index is -0.0000000575. The van der Waals surface area contributed by atoms with Crippen LogP contribution < -0.4 is 0 Å². The Morgan fingerprint density at radius 3 is 1.38 bits per heavy atom. The molecule has 0 rings (SSSR count). The van der Waals surface area contributed by atoms with Crippen molar-refractivity contribution in [1.29, 1.82) is 0 Å². The van der Waals surface area contributed by atoms with E-state index in [-0.39, 0.29) is 26.2 Å². The van der Waals surface area contributed by atoms with E-state index >= 15 is 0 Å². The molecule has 40 valence electrons. The monoisotopic (exact) mass is 267 g/mol. The summed E-state index contributed by atoms with van der Waals surface area (Å²) >= 11 is 0.963. The SMILES string of the molecule is C=[CH][Sr+].OB(O)O.[Zr]. The molecule has 0 atom stereocenters. The first-order valence-corrected chi connectivity index (χ1v) is 3.60. The largest absolute Gasteiger partial charge is 0.631 e. The summed E-state index contributed by atoms with van der Waals surface area (Å²) in [5.74, 6) is 0. The Labute approximate surface area is 97.6 Å². The molecule has 6 heteroatoms. The van der Waals surface area contributed by atoms with E-state index in [9.17, 15) is 0 Å². The molecule has 0 aromatic heterocycles. The van der Waals surface area contributed by atoms with Gasteiger partial charge in [0.25, 0.3) is 0 Å². The molecule has 0 aliphatic rings. The Morgan fingerprint density at radius 2 is 1.38 bits per heavy atom. The van der Waals surface area contributed by atoms with Crippen molar-refractivity contribution >= 4 is 50.6 Å². The second-order valence-electron chi connectivity index (χ2n) is 0.635. The van der Waals surface area contributed by atoms with Crippen molar-refractivity contribution in [3.63, 3.8) is 0 Å². The van der Waals surface area contributed by atoms with Gasteiger partial charge < -0.3 is 15.1 Å². The second kappa shape index (κ2) is 16.0. The Kier molecular flexibility index (Phi) is 33.2. The van der Waals surface area contributed by atoms with Crippen LogP contribution in [0.3, 0.4) is 0 Å². The van der Waals surface area contributed by atoms with Crippen LogP contribution in [0.4, 0.5) is 0 Å². The molecule has 0 amide bonds. The summed E-state index contributed by atoms with van der Waals surface area (Å²) in [6, 6.07) is 0. The standard InChI is InChI=1S/C2H3.BH3O3.Sr.Zr/c1-2;2-1(3)4;;/h1H,2H2;2-4H;;/q;;+1;. The van der Waals surface area contributed by atoms with Gasteiger partial charge in [0.05, 0.1) is 0 Å². The second-order valence-corrected chi connectivity index (χ2v) is 2.05. The predicted molar refractivity (Wildman–Crippen MR) is 28.4 cm³/mol. The maximum Gasteiger partial charge on any atom is 0.631 e. The smallest absolute Gasteiger partial charge is 0.402 e. The van der Waals surface area contributed by atoms with Crippen LogP contribution >= 0.6 is 0 Å². The fourth-order valence-electron chi connectivity index (χ4n) is 0. The summed E-state index contributed by atoms with van der Waals surface area (Å²) in [5, 5.41) is 21.5. The van der Waals surface area contributed by atoms with E-state index in [2.05, 4.69) is 6.58 Å². The van der Waals surface area contributed by atoms with Gasteiger partial charge in [0.2, 0.25) is 0 Å². The number of hydrogen-bond acceptors (Lipinski definition) is 3. The van der Waals surface area contributed by atoms with Crippen LogP contribution in [-0.4, -0.2) is 65.6 Å². The van der Waals surface area contributed by atoms with Gasteiger partial charge in [0.15, 0.2) is 0 Å². The molecule has 0 aliphatic carbocycles. The summed E-state index contributed by atoms with van der Waals surface area (Å²) in [5.41, 5.74) is 0. The summed E-state index contributed by atoms with van der Waals surface area (Å²) in [7, 11) is -2.17. The summed E-state index contributed by atoms with van der Waals surface area (Å²) in [6.07, 6.45) is 0. The van der Waals surface area contributed by atoms with E-state index < -0.39 is 7.32 Å². The number of hydrogen-bond donors (Lipinski definition) is 3. The van der Waals surface area contributed by atoms with Crippen molar-refractivity contribution in [2.45, 2.75) is 0 Å². The first kappa shape index (κ1) is 16.6. The van der Waals surface area contributed by atoms with E-state index in [0.717, 1.165) is 43.3 Å². The topological polar surface area (TPSA) is 60.7 Å². The molecule has 3 nitrogen and oxygen atoms in total. The normalized spacial score (nSPS) is 5.12. The summed E-state index contributed by atoms with van der Waals surface area (Å²) in [6.45, 7) is 3.44. The molecule has 0 spiro atoms. The minimum atomic E-state index is -2.17. The zero-order chi connectivity index (χ0) is 6.28. The molecule has 0 aromatic rings. The third-order valence-corrected chi connectivity index (χ3v) is 0.